The average molecular weight is 141 g/mol. The Hall–Kier alpha value is -0.370. The van der Waals surface area contributed by atoms with E-state index in [2.05, 4.69) is 11.8 Å². The van der Waals surface area contributed by atoms with Gasteiger partial charge in [-0.25, -0.2) is 0 Å². The monoisotopic (exact) mass is 141 g/mol. The van der Waals surface area contributed by atoms with Crippen molar-refractivity contribution in [3.8, 4) is 0 Å². The van der Waals surface area contributed by atoms with Crippen molar-refractivity contribution in [2.75, 3.05) is 6.54 Å². The van der Waals surface area contributed by atoms with E-state index < -0.39 is 0 Å². The van der Waals surface area contributed by atoms with Gasteiger partial charge in [-0.05, 0) is 33.2 Å². The van der Waals surface area contributed by atoms with Crippen LogP contribution in [0.1, 0.15) is 26.7 Å². The molecule has 0 bridgehead atoms. The predicted molar refractivity (Wildman–Crippen MR) is 40.9 cm³/mol. The summed E-state index contributed by atoms with van der Waals surface area (Å²) in [6, 6.07) is 0.734. The van der Waals surface area contributed by atoms with Crippen LogP contribution >= 0.6 is 0 Å². The van der Waals surface area contributed by atoms with Crippen LogP contribution in [-0.4, -0.2) is 29.8 Å². The third-order valence-corrected chi connectivity index (χ3v) is 2.32. The zero-order valence-corrected chi connectivity index (χ0v) is 6.71. The summed E-state index contributed by atoms with van der Waals surface area (Å²) in [5.41, 5.74) is 0. The van der Waals surface area contributed by atoms with Gasteiger partial charge in [-0.2, -0.15) is 0 Å². The molecule has 1 rings (SSSR count). The standard InChI is InChI=1S/C8H15NO/c1-7-4-3-5-9(7)8(2)6-10/h6-8H,3-5H2,1-2H3/t7-,8?/m1/s1. The topological polar surface area (TPSA) is 20.3 Å². The summed E-state index contributed by atoms with van der Waals surface area (Å²) in [7, 11) is 0. The Morgan fingerprint density at radius 2 is 2.40 bits per heavy atom. The summed E-state index contributed by atoms with van der Waals surface area (Å²) < 4.78 is 0. The Kier molecular flexibility index (Phi) is 2.44. The minimum absolute atomic E-state index is 0.123. The van der Waals surface area contributed by atoms with E-state index in [4.69, 9.17) is 0 Å². The molecule has 0 saturated carbocycles. The predicted octanol–water partition coefficient (Wildman–Crippen LogP) is 1.06. The Morgan fingerprint density at radius 3 is 2.80 bits per heavy atom. The highest BCUT2D eigenvalue weighted by atomic mass is 16.1. The van der Waals surface area contributed by atoms with Gasteiger partial charge in [-0.1, -0.05) is 0 Å². The molecule has 0 amide bonds. The van der Waals surface area contributed by atoms with Gasteiger partial charge < -0.3 is 4.79 Å². The zero-order valence-electron chi connectivity index (χ0n) is 6.71. The molecule has 10 heavy (non-hydrogen) atoms. The third-order valence-electron chi connectivity index (χ3n) is 2.32. The van der Waals surface area contributed by atoms with Crippen LogP contribution in [0.15, 0.2) is 0 Å². The first kappa shape index (κ1) is 7.73. The lowest BCUT2D eigenvalue weighted by Crippen LogP contribution is -2.36. The Balaban J connectivity index is 2.46. The molecule has 1 aliphatic rings. The highest BCUT2D eigenvalue weighted by Gasteiger charge is 2.23. The fourth-order valence-electron chi connectivity index (χ4n) is 1.64. The largest absolute Gasteiger partial charge is 0.302 e. The van der Waals surface area contributed by atoms with Crippen molar-refractivity contribution in [3.05, 3.63) is 0 Å². The van der Waals surface area contributed by atoms with Crippen LogP contribution in [-0.2, 0) is 4.79 Å². The second kappa shape index (κ2) is 3.15. The molecule has 0 aromatic rings. The van der Waals surface area contributed by atoms with E-state index in [-0.39, 0.29) is 6.04 Å². The molecular weight excluding hydrogens is 126 g/mol. The van der Waals surface area contributed by atoms with E-state index in [1.54, 1.807) is 0 Å². The van der Waals surface area contributed by atoms with Gasteiger partial charge in [0.25, 0.3) is 0 Å². The van der Waals surface area contributed by atoms with Gasteiger partial charge in [0.1, 0.15) is 6.29 Å². The second-order valence-electron chi connectivity index (χ2n) is 3.11. The molecule has 0 aliphatic carbocycles. The van der Waals surface area contributed by atoms with Crippen LogP contribution in [0.25, 0.3) is 0 Å². The fourth-order valence-corrected chi connectivity index (χ4v) is 1.64. The van der Waals surface area contributed by atoms with Crippen LogP contribution in [0.4, 0.5) is 0 Å². The van der Waals surface area contributed by atoms with Gasteiger partial charge in [0.2, 0.25) is 0 Å². The molecule has 58 valence electrons. The summed E-state index contributed by atoms with van der Waals surface area (Å²) in [4.78, 5) is 12.7. The van der Waals surface area contributed by atoms with E-state index in [1.165, 1.54) is 12.8 Å². The molecule has 0 aromatic carbocycles. The lowest BCUT2D eigenvalue weighted by atomic mass is 10.2. The van der Waals surface area contributed by atoms with Gasteiger partial charge in [-0.15, -0.1) is 0 Å². The molecule has 1 fully saturated rings. The maximum Gasteiger partial charge on any atom is 0.136 e. The van der Waals surface area contributed by atoms with E-state index in [1.807, 2.05) is 6.92 Å². The Morgan fingerprint density at radius 1 is 1.70 bits per heavy atom. The number of rotatable bonds is 2. The van der Waals surface area contributed by atoms with Crippen molar-refractivity contribution in [2.45, 2.75) is 38.8 Å². The smallest absolute Gasteiger partial charge is 0.136 e. The summed E-state index contributed by atoms with van der Waals surface area (Å²) in [6.07, 6.45) is 3.53. The molecule has 1 heterocycles. The van der Waals surface area contributed by atoms with Gasteiger partial charge in [0, 0.05) is 6.04 Å². The first-order valence-electron chi connectivity index (χ1n) is 3.96. The van der Waals surface area contributed by atoms with Gasteiger partial charge >= 0.3 is 0 Å². The van der Waals surface area contributed by atoms with Crippen LogP contribution in [0.5, 0.6) is 0 Å². The SMILES string of the molecule is CC(C=O)N1CCC[C@H]1C. The van der Waals surface area contributed by atoms with Crippen molar-refractivity contribution in [1.29, 1.82) is 0 Å². The van der Waals surface area contributed by atoms with Crippen LogP contribution in [0.2, 0.25) is 0 Å². The molecule has 1 aliphatic heterocycles. The Labute approximate surface area is 62.2 Å². The van der Waals surface area contributed by atoms with Crippen LogP contribution in [0, 0.1) is 0 Å². The Bertz CT molecular complexity index is 124. The summed E-state index contributed by atoms with van der Waals surface area (Å²) in [5, 5.41) is 0. The van der Waals surface area contributed by atoms with Crippen molar-refractivity contribution in [2.24, 2.45) is 0 Å². The van der Waals surface area contributed by atoms with Crippen molar-refractivity contribution >= 4 is 6.29 Å². The maximum absolute atomic E-state index is 10.4. The van der Waals surface area contributed by atoms with Crippen molar-refractivity contribution < 1.29 is 4.79 Å². The second-order valence-corrected chi connectivity index (χ2v) is 3.11. The van der Waals surface area contributed by atoms with E-state index in [0.29, 0.717) is 6.04 Å². The molecule has 0 spiro atoms. The number of aldehydes is 1. The lowest BCUT2D eigenvalue weighted by molar-refractivity contribution is -0.112. The average Bonchev–Trinajstić information content (AvgIpc) is 2.34. The summed E-state index contributed by atoms with van der Waals surface area (Å²) in [6.45, 7) is 5.25. The highest BCUT2D eigenvalue weighted by Crippen LogP contribution is 2.17. The minimum Gasteiger partial charge on any atom is -0.302 e. The zero-order chi connectivity index (χ0) is 7.56. The normalized spacial score (nSPS) is 30.4. The lowest BCUT2D eigenvalue weighted by Gasteiger charge is -2.23. The van der Waals surface area contributed by atoms with Gasteiger partial charge in [-0.3, -0.25) is 4.90 Å². The first-order valence-corrected chi connectivity index (χ1v) is 3.96. The fraction of sp³-hybridized carbons (Fsp3) is 0.875. The van der Waals surface area contributed by atoms with Gasteiger partial charge in [0.05, 0.1) is 6.04 Å². The minimum atomic E-state index is 0.123. The molecule has 1 saturated heterocycles. The number of hydrogen-bond donors (Lipinski definition) is 0. The van der Waals surface area contributed by atoms with E-state index >= 15 is 0 Å². The molecule has 2 atom stereocenters. The number of carbonyl (C=O) groups is 1. The quantitative estimate of drug-likeness (QED) is 0.536. The molecule has 2 nitrogen and oxygen atoms in total. The first-order chi connectivity index (χ1) is 4.75. The summed E-state index contributed by atoms with van der Waals surface area (Å²) in [5.74, 6) is 0. The third kappa shape index (κ3) is 1.37. The molecular formula is C8H15NO. The van der Waals surface area contributed by atoms with E-state index in [9.17, 15) is 4.79 Å². The van der Waals surface area contributed by atoms with Gasteiger partial charge in [0.15, 0.2) is 0 Å². The molecule has 0 radical (unpaired) electrons. The maximum atomic E-state index is 10.4. The number of likely N-dealkylation sites (tertiary alicyclic amines) is 1. The highest BCUT2D eigenvalue weighted by molar-refractivity contribution is 5.56. The van der Waals surface area contributed by atoms with Crippen LogP contribution in [0.3, 0.4) is 0 Å². The number of hydrogen-bond acceptors (Lipinski definition) is 2. The molecule has 1 unspecified atom stereocenters. The number of nitrogens with zero attached hydrogens (tertiary/aromatic N) is 1. The molecule has 0 N–H and O–H groups in total. The van der Waals surface area contributed by atoms with Crippen molar-refractivity contribution in [1.82, 2.24) is 4.90 Å². The van der Waals surface area contributed by atoms with Crippen molar-refractivity contribution in [3.63, 3.8) is 0 Å². The van der Waals surface area contributed by atoms with E-state index in [0.717, 1.165) is 12.8 Å². The molecule has 0 aromatic heterocycles. The van der Waals surface area contributed by atoms with Crippen LogP contribution < -0.4 is 0 Å². The number of carbonyl (C=O) groups excluding carboxylic acids is 1. The summed E-state index contributed by atoms with van der Waals surface area (Å²) >= 11 is 0. The molecule has 2 heteroatoms.